The van der Waals surface area contributed by atoms with E-state index < -0.39 is 0 Å². The number of ether oxygens (including phenoxy) is 1. The standard InChI is InChI=1S/C23H24N2O3/c1-16-21(17(2)26)15-22(18-8-5-4-6-9-18)25(16)13-12-23(27)24-19-10-7-11-20(14-19)28-3/h4-11,14-15H,12-13H2,1-3H3,(H,24,27). The summed E-state index contributed by atoms with van der Waals surface area (Å²) in [4.78, 5) is 24.5. The second kappa shape index (κ2) is 8.57. The molecular formula is C23H24N2O3. The first-order valence-electron chi connectivity index (χ1n) is 9.20. The summed E-state index contributed by atoms with van der Waals surface area (Å²) in [5.41, 5.74) is 4.22. The lowest BCUT2D eigenvalue weighted by Crippen LogP contribution is -2.15. The number of carbonyl (C=O) groups excluding carboxylic acids is 2. The Morgan fingerprint density at radius 3 is 2.46 bits per heavy atom. The molecule has 0 bridgehead atoms. The van der Waals surface area contributed by atoms with E-state index >= 15 is 0 Å². The maximum Gasteiger partial charge on any atom is 0.226 e. The number of benzene rings is 2. The van der Waals surface area contributed by atoms with Crippen LogP contribution in [0.4, 0.5) is 5.69 Å². The zero-order valence-electron chi connectivity index (χ0n) is 16.4. The molecule has 0 aliphatic rings. The van der Waals surface area contributed by atoms with E-state index in [2.05, 4.69) is 5.32 Å². The highest BCUT2D eigenvalue weighted by molar-refractivity contribution is 5.97. The SMILES string of the molecule is COc1cccc(NC(=O)CCn2c(-c3ccccc3)cc(C(C)=O)c2C)c1. The van der Waals surface area contributed by atoms with Crippen molar-refractivity contribution in [3.63, 3.8) is 0 Å². The molecule has 5 heteroatoms. The van der Waals surface area contributed by atoms with E-state index in [1.807, 2.05) is 66.1 Å². The number of Topliss-reactive ketones (excluding diaryl/α,β-unsaturated/α-hetero) is 1. The first kappa shape index (κ1) is 19.4. The molecule has 3 rings (SSSR count). The van der Waals surface area contributed by atoms with Crippen molar-refractivity contribution in [2.24, 2.45) is 0 Å². The van der Waals surface area contributed by atoms with Crippen molar-refractivity contribution in [1.82, 2.24) is 4.57 Å². The van der Waals surface area contributed by atoms with Crippen molar-refractivity contribution in [3.05, 3.63) is 71.9 Å². The predicted octanol–water partition coefficient (Wildman–Crippen LogP) is 4.70. The van der Waals surface area contributed by atoms with E-state index in [0.29, 0.717) is 30.0 Å². The van der Waals surface area contributed by atoms with Crippen LogP contribution < -0.4 is 10.1 Å². The predicted molar refractivity (Wildman–Crippen MR) is 111 cm³/mol. The summed E-state index contributed by atoms with van der Waals surface area (Å²) < 4.78 is 7.22. The van der Waals surface area contributed by atoms with Gasteiger partial charge in [-0.1, -0.05) is 36.4 Å². The minimum Gasteiger partial charge on any atom is -0.497 e. The number of ketones is 1. The molecule has 1 aromatic heterocycles. The highest BCUT2D eigenvalue weighted by Gasteiger charge is 2.16. The van der Waals surface area contributed by atoms with E-state index in [1.54, 1.807) is 20.1 Å². The molecule has 0 atom stereocenters. The zero-order valence-corrected chi connectivity index (χ0v) is 16.4. The van der Waals surface area contributed by atoms with Gasteiger partial charge in [0.05, 0.1) is 7.11 Å². The first-order valence-corrected chi connectivity index (χ1v) is 9.20. The average Bonchev–Trinajstić information content (AvgIpc) is 3.04. The Bertz CT molecular complexity index is 990. The molecule has 1 N–H and O–H groups in total. The van der Waals surface area contributed by atoms with Crippen molar-refractivity contribution in [2.45, 2.75) is 26.8 Å². The molecule has 5 nitrogen and oxygen atoms in total. The number of hydrogen-bond donors (Lipinski definition) is 1. The first-order chi connectivity index (χ1) is 13.5. The van der Waals surface area contributed by atoms with Crippen LogP contribution in [0.15, 0.2) is 60.7 Å². The molecule has 1 heterocycles. The van der Waals surface area contributed by atoms with E-state index in [-0.39, 0.29) is 11.7 Å². The molecule has 0 fully saturated rings. The second-order valence-electron chi connectivity index (χ2n) is 6.63. The van der Waals surface area contributed by atoms with E-state index in [0.717, 1.165) is 17.0 Å². The van der Waals surface area contributed by atoms with Crippen LogP contribution in [0.1, 0.15) is 29.4 Å². The number of rotatable bonds is 7. The Morgan fingerprint density at radius 2 is 1.79 bits per heavy atom. The summed E-state index contributed by atoms with van der Waals surface area (Å²) in [6.45, 7) is 3.97. The normalized spacial score (nSPS) is 10.5. The lowest BCUT2D eigenvalue weighted by Gasteiger charge is -2.13. The van der Waals surface area contributed by atoms with Crippen molar-refractivity contribution in [3.8, 4) is 17.0 Å². The third kappa shape index (κ3) is 4.31. The van der Waals surface area contributed by atoms with Crippen LogP contribution in [-0.2, 0) is 11.3 Å². The quantitative estimate of drug-likeness (QED) is 0.608. The van der Waals surface area contributed by atoms with Gasteiger partial charge in [-0.05, 0) is 37.6 Å². The van der Waals surface area contributed by atoms with Gasteiger partial charge in [0.25, 0.3) is 0 Å². The number of anilines is 1. The molecule has 0 spiro atoms. The minimum absolute atomic E-state index is 0.0225. The molecule has 3 aromatic rings. The molecular weight excluding hydrogens is 352 g/mol. The third-order valence-corrected chi connectivity index (χ3v) is 4.73. The van der Waals surface area contributed by atoms with Gasteiger partial charge in [-0.25, -0.2) is 0 Å². The maximum absolute atomic E-state index is 12.5. The van der Waals surface area contributed by atoms with Gasteiger partial charge in [0.2, 0.25) is 5.91 Å². The molecule has 0 saturated heterocycles. The fraction of sp³-hybridized carbons (Fsp3) is 0.217. The average molecular weight is 376 g/mol. The number of nitrogens with one attached hydrogen (secondary N) is 1. The molecule has 0 unspecified atom stereocenters. The highest BCUT2D eigenvalue weighted by Crippen LogP contribution is 2.27. The van der Waals surface area contributed by atoms with Crippen LogP contribution in [0, 0.1) is 6.92 Å². The Balaban J connectivity index is 1.79. The molecule has 144 valence electrons. The molecule has 0 radical (unpaired) electrons. The number of nitrogens with zero attached hydrogens (tertiary/aromatic N) is 1. The monoisotopic (exact) mass is 376 g/mol. The van der Waals surface area contributed by atoms with Crippen LogP contribution in [0.3, 0.4) is 0 Å². The number of amides is 1. The second-order valence-corrected chi connectivity index (χ2v) is 6.63. The Labute approximate surface area is 165 Å². The molecule has 0 aliphatic carbocycles. The lowest BCUT2D eigenvalue weighted by molar-refractivity contribution is -0.116. The minimum atomic E-state index is -0.0928. The van der Waals surface area contributed by atoms with Gasteiger partial charge in [-0.3, -0.25) is 9.59 Å². The van der Waals surface area contributed by atoms with Crippen LogP contribution in [-0.4, -0.2) is 23.4 Å². The van der Waals surface area contributed by atoms with Crippen LogP contribution >= 0.6 is 0 Å². The molecule has 1 amide bonds. The molecule has 0 saturated carbocycles. The maximum atomic E-state index is 12.5. The lowest BCUT2D eigenvalue weighted by atomic mass is 10.1. The van der Waals surface area contributed by atoms with Gasteiger partial charge in [0.15, 0.2) is 5.78 Å². The van der Waals surface area contributed by atoms with Crippen LogP contribution in [0.5, 0.6) is 5.75 Å². The summed E-state index contributed by atoms with van der Waals surface area (Å²) in [6, 6.07) is 19.1. The number of aromatic nitrogens is 1. The van der Waals surface area contributed by atoms with Crippen LogP contribution in [0.25, 0.3) is 11.3 Å². The smallest absolute Gasteiger partial charge is 0.226 e. The Morgan fingerprint density at radius 1 is 1.04 bits per heavy atom. The third-order valence-electron chi connectivity index (χ3n) is 4.73. The topological polar surface area (TPSA) is 60.3 Å². The highest BCUT2D eigenvalue weighted by atomic mass is 16.5. The molecule has 28 heavy (non-hydrogen) atoms. The largest absolute Gasteiger partial charge is 0.497 e. The Hall–Kier alpha value is -3.34. The Kier molecular flexibility index (Phi) is 5.94. The van der Waals surface area contributed by atoms with Gasteiger partial charge in [-0.15, -0.1) is 0 Å². The summed E-state index contributed by atoms with van der Waals surface area (Å²) in [6.07, 6.45) is 0.296. The van der Waals surface area contributed by atoms with Crippen molar-refractivity contribution >= 4 is 17.4 Å². The van der Waals surface area contributed by atoms with E-state index in [4.69, 9.17) is 4.74 Å². The van der Waals surface area contributed by atoms with Crippen molar-refractivity contribution in [1.29, 1.82) is 0 Å². The summed E-state index contributed by atoms with van der Waals surface area (Å²) in [5, 5.41) is 2.90. The zero-order chi connectivity index (χ0) is 20.1. The van der Waals surface area contributed by atoms with E-state index in [1.165, 1.54) is 0 Å². The molecule has 0 aliphatic heterocycles. The van der Waals surface area contributed by atoms with Gasteiger partial charge in [0.1, 0.15) is 5.75 Å². The number of methoxy groups -OCH3 is 1. The fourth-order valence-electron chi connectivity index (χ4n) is 3.28. The summed E-state index contributed by atoms with van der Waals surface area (Å²) >= 11 is 0. The van der Waals surface area contributed by atoms with Crippen molar-refractivity contribution in [2.75, 3.05) is 12.4 Å². The van der Waals surface area contributed by atoms with Crippen LogP contribution in [0.2, 0.25) is 0 Å². The summed E-state index contributed by atoms with van der Waals surface area (Å²) in [5.74, 6) is 0.621. The summed E-state index contributed by atoms with van der Waals surface area (Å²) in [7, 11) is 1.59. The van der Waals surface area contributed by atoms with Gasteiger partial charge < -0.3 is 14.6 Å². The number of carbonyl (C=O) groups is 2. The van der Waals surface area contributed by atoms with E-state index in [9.17, 15) is 9.59 Å². The fourth-order valence-corrected chi connectivity index (χ4v) is 3.28. The van der Waals surface area contributed by atoms with Crippen molar-refractivity contribution < 1.29 is 14.3 Å². The van der Waals surface area contributed by atoms with Gasteiger partial charge in [-0.2, -0.15) is 0 Å². The molecule has 2 aromatic carbocycles. The number of hydrogen-bond acceptors (Lipinski definition) is 3. The van der Waals surface area contributed by atoms with Gasteiger partial charge >= 0.3 is 0 Å². The van der Waals surface area contributed by atoms with Gasteiger partial charge in [0, 0.05) is 41.7 Å².